The lowest BCUT2D eigenvalue weighted by Crippen LogP contribution is -2.02. The molecule has 0 saturated heterocycles. The van der Waals surface area contributed by atoms with E-state index in [1.807, 2.05) is 18.2 Å². The number of benzene rings is 1. The van der Waals surface area contributed by atoms with E-state index in [1.165, 1.54) is 4.90 Å². The van der Waals surface area contributed by atoms with Crippen LogP contribution in [0.5, 0.6) is 0 Å². The molecule has 0 radical (unpaired) electrons. The van der Waals surface area contributed by atoms with Crippen LogP contribution < -0.4 is 5.73 Å². The van der Waals surface area contributed by atoms with Gasteiger partial charge in [0.25, 0.3) is 0 Å². The van der Waals surface area contributed by atoms with Gasteiger partial charge in [0, 0.05) is 10.8 Å². The van der Waals surface area contributed by atoms with Crippen LogP contribution in [0.3, 0.4) is 0 Å². The lowest BCUT2D eigenvalue weighted by atomic mass is 10.1. The van der Waals surface area contributed by atoms with Gasteiger partial charge in [0.1, 0.15) is 0 Å². The minimum atomic E-state index is 0.284. The molecule has 2 aromatic rings. The molecule has 0 aliphatic rings. The van der Waals surface area contributed by atoms with Crippen molar-refractivity contribution in [2.45, 2.75) is 36.3 Å². The molecule has 102 valence electrons. The Morgan fingerprint density at radius 2 is 2.11 bits per heavy atom. The normalized spacial score (nSPS) is 12.5. The fourth-order valence-corrected chi connectivity index (χ4v) is 2.50. The van der Waals surface area contributed by atoms with Crippen LogP contribution in [-0.4, -0.2) is 16.7 Å². The van der Waals surface area contributed by atoms with Gasteiger partial charge < -0.3 is 10.3 Å². The van der Waals surface area contributed by atoms with Crippen LogP contribution in [-0.2, 0) is 5.75 Å². The highest BCUT2D eigenvalue weighted by Crippen LogP contribution is 2.23. The summed E-state index contributed by atoms with van der Waals surface area (Å²) in [6, 6.07) is 10.2. The van der Waals surface area contributed by atoms with E-state index in [1.54, 1.807) is 11.8 Å². The first kappa shape index (κ1) is 14.1. The summed E-state index contributed by atoms with van der Waals surface area (Å²) in [5, 5.41) is 4.02. The van der Waals surface area contributed by atoms with Crippen LogP contribution in [0.2, 0.25) is 0 Å². The molecule has 4 nitrogen and oxygen atoms in total. The summed E-state index contributed by atoms with van der Waals surface area (Å²) in [6.07, 6.45) is 1.97. The van der Waals surface area contributed by atoms with Crippen molar-refractivity contribution in [1.29, 1.82) is 0 Å². The first-order valence-corrected chi connectivity index (χ1v) is 7.48. The van der Waals surface area contributed by atoms with Crippen molar-refractivity contribution in [1.82, 2.24) is 10.1 Å². The molecule has 2 rings (SSSR count). The van der Waals surface area contributed by atoms with Crippen LogP contribution in [0, 0.1) is 0 Å². The molecule has 0 saturated carbocycles. The highest BCUT2D eigenvalue weighted by atomic mass is 32.2. The van der Waals surface area contributed by atoms with E-state index in [-0.39, 0.29) is 5.92 Å². The van der Waals surface area contributed by atoms with E-state index in [0.29, 0.717) is 6.54 Å². The molecule has 2 N–H and O–H groups in total. The second-order valence-electron chi connectivity index (χ2n) is 4.48. The Labute approximate surface area is 117 Å². The van der Waals surface area contributed by atoms with Gasteiger partial charge in [-0.2, -0.15) is 4.98 Å². The Morgan fingerprint density at radius 3 is 2.84 bits per heavy atom. The third-order valence-corrected chi connectivity index (χ3v) is 3.87. The molecule has 0 bridgehead atoms. The summed E-state index contributed by atoms with van der Waals surface area (Å²) >= 11 is 1.71. The molecule has 0 aliphatic carbocycles. The van der Waals surface area contributed by atoms with Crippen LogP contribution in [0.1, 0.15) is 37.4 Å². The number of hydrogen-bond acceptors (Lipinski definition) is 5. The third kappa shape index (κ3) is 4.36. The molecule has 1 heterocycles. The van der Waals surface area contributed by atoms with Crippen molar-refractivity contribution in [3.8, 4) is 0 Å². The van der Waals surface area contributed by atoms with Crippen molar-refractivity contribution in [3.63, 3.8) is 0 Å². The van der Waals surface area contributed by atoms with E-state index in [9.17, 15) is 0 Å². The second kappa shape index (κ2) is 7.31. The first-order chi connectivity index (χ1) is 9.29. The number of aromatic nitrogens is 2. The maximum Gasteiger partial charge on any atom is 0.229 e. The molecule has 1 aromatic carbocycles. The average Bonchev–Trinajstić information content (AvgIpc) is 2.92. The Hall–Kier alpha value is -1.33. The third-order valence-electron chi connectivity index (χ3n) is 2.86. The van der Waals surface area contributed by atoms with Crippen LogP contribution in [0.25, 0.3) is 0 Å². The van der Waals surface area contributed by atoms with Gasteiger partial charge in [0.2, 0.25) is 5.89 Å². The van der Waals surface area contributed by atoms with E-state index in [2.05, 4.69) is 29.2 Å². The number of rotatable bonds is 7. The molecule has 1 atom stereocenters. The van der Waals surface area contributed by atoms with Crippen molar-refractivity contribution in [2.75, 3.05) is 6.54 Å². The summed E-state index contributed by atoms with van der Waals surface area (Å²) in [7, 11) is 0. The van der Waals surface area contributed by atoms with Gasteiger partial charge in [0.05, 0.1) is 5.75 Å². The number of nitrogens with zero attached hydrogens (tertiary/aromatic N) is 2. The quantitative estimate of drug-likeness (QED) is 0.787. The molecule has 5 heteroatoms. The van der Waals surface area contributed by atoms with Crippen LogP contribution in [0.4, 0.5) is 0 Å². The smallest absolute Gasteiger partial charge is 0.229 e. The highest BCUT2D eigenvalue weighted by molar-refractivity contribution is 7.98. The van der Waals surface area contributed by atoms with Crippen molar-refractivity contribution >= 4 is 11.8 Å². The second-order valence-corrected chi connectivity index (χ2v) is 5.53. The van der Waals surface area contributed by atoms with Crippen molar-refractivity contribution in [3.05, 3.63) is 42.0 Å². The monoisotopic (exact) mass is 277 g/mol. The number of thioether (sulfide) groups is 1. The van der Waals surface area contributed by atoms with Gasteiger partial charge in [-0.25, -0.2) is 0 Å². The molecule has 0 amide bonds. The van der Waals surface area contributed by atoms with Gasteiger partial charge in [-0.15, -0.1) is 11.8 Å². The Morgan fingerprint density at radius 1 is 1.32 bits per heavy atom. The lowest BCUT2D eigenvalue weighted by molar-refractivity contribution is 0.349. The Bertz CT molecular complexity index is 486. The number of hydrogen-bond donors (Lipinski definition) is 1. The molecular weight excluding hydrogens is 258 g/mol. The number of nitrogens with two attached hydrogens (primary N) is 1. The molecular formula is C14H19N3OS. The largest absolute Gasteiger partial charge is 0.339 e. The van der Waals surface area contributed by atoms with Gasteiger partial charge >= 0.3 is 0 Å². The summed E-state index contributed by atoms with van der Waals surface area (Å²) < 4.78 is 5.30. The summed E-state index contributed by atoms with van der Waals surface area (Å²) in [6.45, 7) is 2.80. The topological polar surface area (TPSA) is 64.9 Å². The Kier molecular flexibility index (Phi) is 5.42. The van der Waals surface area contributed by atoms with E-state index < -0.39 is 0 Å². The van der Waals surface area contributed by atoms with Gasteiger partial charge in [-0.1, -0.05) is 30.3 Å². The highest BCUT2D eigenvalue weighted by Gasteiger charge is 2.13. The summed E-state index contributed by atoms with van der Waals surface area (Å²) in [5.74, 6) is 2.49. The fourth-order valence-electron chi connectivity index (χ4n) is 1.74. The predicted octanol–water partition coefficient (Wildman–Crippen LogP) is 3.20. The molecule has 1 aromatic heterocycles. The van der Waals surface area contributed by atoms with Crippen LogP contribution in [0.15, 0.2) is 39.8 Å². The van der Waals surface area contributed by atoms with E-state index in [0.717, 1.165) is 30.3 Å². The maximum absolute atomic E-state index is 5.50. The summed E-state index contributed by atoms with van der Waals surface area (Å²) in [4.78, 5) is 5.65. The zero-order valence-corrected chi connectivity index (χ0v) is 11.9. The van der Waals surface area contributed by atoms with E-state index in [4.69, 9.17) is 10.3 Å². The fraction of sp³-hybridized carbons (Fsp3) is 0.429. The van der Waals surface area contributed by atoms with Gasteiger partial charge in [-0.05, 0) is 31.5 Å². The summed E-state index contributed by atoms with van der Waals surface area (Å²) in [5.41, 5.74) is 5.50. The minimum Gasteiger partial charge on any atom is -0.339 e. The maximum atomic E-state index is 5.50. The zero-order valence-electron chi connectivity index (χ0n) is 11.1. The van der Waals surface area contributed by atoms with Crippen molar-refractivity contribution in [2.24, 2.45) is 5.73 Å². The van der Waals surface area contributed by atoms with E-state index >= 15 is 0 Å². The van der Waals surface area contributed by atoms with Gasteiger partial charge in [0.15, 0.2) is 5.82 Å². The molecule has 1 unspecified atom stereocenters. The zero-order chi connectivity index (χ0) is 13.5. The standard InChI is InChI=1S/C14H19N3OS/c1-11(6-5-9-15)14-16-13(17-18-14)10-19-12-7-3-2-4-8-12/h2-4,7-8,11H,5-6,9-10,15H2,1H3. The Balaban J connectivity index is 1.87. The first-order valence-electron chi connectivity index (χ1n) is 6.50. The van der Waals surface area contributed by atoms with Crippen LogP contribution >= 0.6 is 11.8 Å². The average molecular weight is 277 g/mol. The molecule has 0 fully saturated rings. The lowest BCUT2D eigenvalue weighted by Gasteiger charge is -2.03. The SMILES string of the molecule is CC(CCCN)c1nc(CSc2ccccc2)no1. The minimum absolute atomic E-state index is 0.284. The van der Waals surface area contributed by atoms with Gasteiger partial charge in [-0.3, -0.25) is 0 Å². The molecule has 0 spiro atoms. The molecule has 0 aliphatic heterocycles. The van der Waals surface area contributed by atoms with Crippen molar-refractivity contribution < 1.29 is 4.52 Å². The molecule has 19 heavy (non-hydrogen) atoms. The predicted molar refractivity (Wildman–Crippen MR) is 77.0 cm³/mol.